The SMILES string of the molecule is CC1=Cc2c(cccc2N2CCCc3ccccc32)C1C1=C(C)[CH]C2=CCC(=[Si](C)C)C(c3ccccc3)=C21. The number of rotatable bonds is 3. The number of fused-ring (bicyclic) bond motifs is 3. The van der Waals surface area contributed by atoms with E-state index in [0.717, 1.165) is 13.0 Å². The van der Waals surface area contributed by atoms with E-state index in [4.69, 9.17) is 0 Å². The van der Waals surface area contributed by atoms with Crippen LogP contribution in [0.1, 0.15) is 54.9 Å². The van der Waals surface area contributed by atoms with Crippen LogP contribution in [0.4, 0.5) is 11.4 Å². The minimum absolute atomic E-state index is 0.291. The van der Waals surface area contributed by atoms with Crippen LogP contribution in [0, 0.1) is 6.42 Å². The van der Waals surface area contributed by atoms with E-state index in [-0.39, 0.29) is 0 Å². The summed E-state index contributed by atoms with van der Waals surface area (Å²) < 4.78 is 0. The van der Waals surface area contributed by atoms with E-state index >= 15 is 0 Å². The molecule has 0 saturated carbocycles. The summed E-state index contributed by atoms with van der Waals surface area (Å²) in [5, 5.41) is 1.66. The number of anilines is 2. The molecule has 0 saturated heterocycles. The molecule has 0 bridgehead atoms. The number of allylic oxidation sites excluding steroid dienone is 7. The Morgan fingerprint density at radius 1 is 0.821 bits per heavy atom. The van der Waals surface area contributed by atoms with E-state index < -0.39 is 8.41 Å². The first-order valence-electron chi connectivity index (χ1n) is 14.4. The van der Waals surface area contributed by atoms with E-state index in [2.05, 4.69) is 123 Å². The van der Waals surface area contributed by atoms with Gasteiger partial charge in [-0.05, 0) is 84.2 Å². The van der Waals surface area contributed by atoms with Crippen molar-refractivity contribution in [3.63, 3.8) is 0 Å². The zero-order chi connectivity index (χ0) is 26.7. The van der Waals surface area contributed by atoms with Gasteiger partial charge in [-0.25, -0.2) is 0 Å². The lowest BCUT2D eigenvalue weighted by atomic mass is 9.78. The Morgan fingerprint density at radius 3 is 2.41 bits per heavy atom. The highest BCUT2D eigenvalue weighted by Gasteiger charge is 2.38. The molecule has 0 amide bonds. The second-order valence-corrected chi connectivity index (χ2v) is 14.3. The number of nitrogens with zero attached hydrogens (tertiary/aromatic N) is 1. The molecule has 0 spiro atoms. The number of benzene rings is 3. The van der Waals surface area contributed by atoms with Crippen molar-refractivity contribution in [3.05, 3.63) is 135 Å². The number of para-hydroxylation sites is 1. The Hall–Kier alpha value is -3.49. The van der Waals surface area contributed by atoms with E-state index in [1.165, 1.54) is 79.9 Å². The van der Waals surface area contributed by atoms with E-state index in [0.29, 0.717) is 5.92 Å². The first-order valence-corrected chi connectivity index (χ1v) is 16.9. The van der Waals surface area contributed by atoms with Gasteiger partial charge in [-0.3, -0.25) is 0 Å². The lowest BCUT2D eigenvalue weighted by molar-refractivity contribution is 0.766. The quantitative estimate of drug-likeness (QED) is 0.310. The maximum Gasteiger partial charge on any atom is 0.0487 e. The molecular formula is C37H36NSi. The fraction of sp³-hybridized carbons (Fsp3) is 0.243. The summed E-state index contributed by atoms with van der Waals surface area (Å²) in [6.07, 6.45) is 10.9. The minimum Gasteiger partial charge on any atom is -0.341 e. The van der Waals surface area contributed by atoms with Gasteiger partial charge in [-0.1, -0.05) is 102 Å². The lowest BCUT2D eigenvalue weighted by Crippen LogP contribution is -2.25. The van der Waals surface area contributed by atoms with Crippen LogP contribution < -0.4 is 4.90 Å². The lowest BCUT2D eigenvalue weighted by Gasteiger charge is -2.33. The molecule has 1 nitrogen and oxygen atoms in total. The van der Waals surface area contributed by atoms with Crippen LogP contribution in [-0.2, 0) is 6.42 Å². The van der Waals surface area contributed by atoms with Gasteiger partial charge in [0, 0.05) is 44.2 Å². The first-order chi connectivity index (χ1) is 19.0. The van der Waals surface area contributed by atoms with E-state index in [1.54, 1.807) is 5.17 Å². The monoisotopic (exact) mass is 522 g/mol. The van der Waals surface area contributed by atoms with Crippen LogP contribution in [0.5, 0.6) is 0 Å². The Kier molecular flexibility index (Phi) is 6.04. The maximum absolute atomic E-state index is 2.57. The smallest absolute Gasteiger partial charge is 0.0487 e. The second kappa shape index (κ2) is 9.61. The van der Waals surface area contributed by atoms with Gasteiger partial charge in [-0.15, -0.1) is 0 Å². The van der Waals surface area contributed by atoms with Crippen LogP contribution in [0.2, 0.25) is 13.1 Å². The first kappa shape index (κ1) is 24.5. The normalized spacial score (nSPS) is 20.1. The van der Waals surface area contributed by atoms with Crippen LogP contribution in [-0.4, -0.2) is 20.1 Å². The van der Waals surface area contributed by atoms with Gasteiger partial charge in [-0.2, -0.15) is 0 Å². The molecule has 0 aromatic heterocycles. The van der Waals surface area contributed by atoms with Crippen LogP contribution in [0.3, 0.4) is 0 Å². The summed E-state index contributed by atoms with van der Waals surface area (Å²) in [5.74, 6) is 0.291. The molecule has 1 radical (unpaired) electrons. The van der Waals surface area contributed by atoms with Gasteiger partial charge < -0.3 is 4.90 Å². The third-order valence-corrected chi connectivity index (χ3v) is 10.7. The van der Waals surface area contributed by atoms with Crippen molar-refractivity contribution in [2.45, 2.75) is 52.1 Å². The number of hydrogen-bond acceptors (Lipinski definition) is 1. The predicted molar refractivity (Wildman–Crippen MR) is 170 cm³/mol. The third-order valence-electron chi connectivity index (χ3n) is 9.04. The molecule has 3 aromatic carbocycles. The van der Waals surface area contributed by atoms with Gasteiger partial charge in [0.15, 0.2) is 0 Å². The summed E-state index contributed by atoms with van der Waals surface area (Å²) >= 11 is 0. The zero-order valence-electron chi connectivity index (χ0n) is 23.5. The van der Waals surface area contributed by atoms with Gasteiger partial charge >= 0.3 is 0 Å². The van der Waals surface area contributed by atoms with Crippen molar-refractivity contribution in [2.24, 2.45) is 0 Å². The highest BCUT2D eigenvalue weighted by atomic mass is 28.2. The summed E-state index contributed by atoms with van der Waals surface area (Å²) in [5.41, 5.74) is 17.3. The van der Waals surface area contributed by atoms with Gasteiger partial charge in [0.25, 0.3) is 0 Å². The molecule has 4 aliphatic rings. The van der Waals surface area contributed by atoms with Gasteiger partial charge in [0.05, 0.1) is 0 Å². The third kappa shape index (κ3) is 3.92. The molecular weight excluding hydrogens is 487 g/mol. The highest BCUT2D eigenvalue weighted by Crippen LogP contribution is 2.55. The van der Waals surface area contributed by atoms with Gasteiger partial charge in [0.2, 0.25) is 0 Å². The Balaban J connectivity index is 1.41. The summed E-state index contributed by atoms with van der Waals surface area (Å²) in [7, 11) is -0.598. The number of hydrogen-bond donors (Lipinski definition) is 0. The van der Waals surface area contributed by atoms with Crippen molar-refractivity contribution in [3.8, 4) is 0 Å². The summed E-state index contributed by atoms with van der Waals surface area (Å²) in [4.78, 5) is 2.57. The summed E-state index contributed by atoms with van der Waals surface area (Å²) in [6.45, 7) is 10.7. The Morgan fingerprint density at radius 2 is 1.59 bits per heavy atom. The average molecular weight is 523 g/mol. The van der Waals surface area contributed by atoms with Gasteiger partial charge in [0.1, 0.15) is 0 Å². The molecule has 7 rings (SSSR count). The molecule has 1 unspecified atom stereocenters. The predicted octanol–water partition coefficient (Wildman–Crippen LogP) is 9.10. The van der Waals surface area contributed by atoms with Crippen molar-refractivity contribution in [1.29, 1.82) is 0 Å². The molecule has 0 N–H and O–H groups in total. The molecule has 1 heterocycles. The fourth-order valence-electron chi connectivity index (χ4n) is 7.33. The van der Waals surface area contributed by atoms with Crippen LogP contribution in [0.25, 0.3) is 11.6 Å². The zero-order valence-corrected chi connectivity index (χ0v) is 24.5. The molecule has 3 aromatic rings. The fourth-order valence-corrected chi connectivity index (χ4v) is 8.61. The minimum atomic E-state index is -0.598. The topological polar surface area (TPSA) is 3.24 Å². The molecule has 2 heteroatoms. The summed E-state index contributed by atoms with van der Waals surface area (Å²) in [6, 6.07) is 27.2. The maximum atomic E-state index is 2.57. The van der Waals surface area contributed by atoms with Crippen molar-refractivity contribution in [1.82, 2.24) is 0 Å². The average Bonchev–Trinajstić information content (AvgIpc) is 3.46. The van der Waals surface area contributed by atoms with E-state index in [9.17, 15) is 0 Å². The largest absolute Gasteiger partial charge is 0.341 e. The molecule has 39 heavy (non-hydrogen) atoms. The molecule has 3 aliphatic carbocycles. The van der Waals surface area contributed by atoms with Crippen molar-refractivity contribution < 1.29 is 0 Å². The standard InChI is InChI=1S/C37H36NSi/c1-24-22-28-19-20-33(39(3)4)36(27-13-6-5-7-14-27)37(28)35(24)34-25(2)23-30-29(34)16-10-18-32(30)38-21-11-15-26-12-8-9-17-31(26)38/h5-10,12-14,16-19,22-23,34H,11,15,20-21H2,1-4H3. The Bertz CT molecular complexity index is 1660. The van der Waals surface area contributed by atoms with Crippen molar-refractivity contribution >= 4 is 36.6 Å². The van der Waals surface area contributed by atoms with Crippen molar-refractivity contribution in [2.75, 3.05) is 11.4 Å². The molecule has 193 valence electrons. The van der Waals surface area contributed by atoms with Crippen LogP contribution in [0.15, 0.2) is 107 Å². The molecule has 0 fully saturated rings. The molecule has 1 atom stereocenters. The number of aryl methyl sites for hydroxylation is 1. The molecule has 1 aliphatic heterocycles. The highest BCUT2D eigenvalue weighted by molar-refractivity contribution is 6.76. The Labute approximate surface area is 235 Å². The van der Waals surface area contributed by atoms with Crippen LogP contribution >= 0.6 is 0 Å². The van der Waals surface area contributed by atoms with E-state index in [1.807, 2.05) is 0 Å². The second-order valence-electron chi connectivity index (χ2n) is 11.7.